The SMILES string of the molecule is COc1cccc(C(CNC(=O)C2CNCCO2)N2CCCC2)c1. The quantitative estimate of drug-likeness (QED) is 0.811. The Hall–Kier alpha value is -1.63. The summed E-state index contributed by atoms with van der Waals surface area (Å²) >= 11 is 0. The summed E-state index contributed by atoms with van der Waals surface area (Å²) in [4.78, 5) is 14.8. The van der Waals surface area contributed by atoms with Crippen molar-refractivity contribution in [2.24, 2.45) is 0 Å². The van der Waals surface area contributed by atoms with Crippen molar-refractivity contribution in [2.45, 2.75) is 25.0 Å². The van der Waals surface area contributed by atoms with Crippen LogP contribution in [-0.2, 0) is 9.53 Å². The van der Waals surface area contributed by atoms with E-state index in [0.29, 0.717) is 19.7 Å². The first-order valence-corrected chi connectivity index (χ1v) is 8.76. The first kappa shape index (κ1) is 17.2. The smallest absolute Gasteiger partial charge is 0.250 e. The number of nitrogens with zero attached hydrogens (tertiary/aromatic N) is 1. The number of carbonyl (C=O) groups excluding carboxylic acids is 1. The second-order valence-corrected chi connectivity index (χ2v) is 6.34. The van der Waals surface area contributed by atoms with E-state index in [1.165, 1.54) is 18.4 Å². The average molecular weight is 333 g/mol. The van der Waals surface area contributed by atoms with Crippen LogP contribution in [0.25, 0.3) is 0 Å². The normalized spacial score (nSPS) is 23.0. The van der Waals surface area contributed by atoms with Crippen LogP contribution in [0, 0.1) is 0 Å². The largest absolute Gasteiger partial charge is 0.497 e. The van der Waals surface area contributed by atoms with Crippen molar-refractivity contribution in [3.05, 3.63) is 29.8 Å². The predicted octanol–water partition coefficient (Wildman–Crippen LogP) is 0.937. The highest BCUT2D eigenvalue weighted by Crippen LogP contribution is 2.27. The average Bonchev–Trinajstić information content (AvgIpc) is 3.17. The van der Waals surface area contributed by atoms with E-state index in [1.54, 1.807) is 7.11 Å². The Morgan fingerprint density at radius 2 is 2.29 bits per heavy atom. The molecule has 2 unspecified atom stereocenters. The van der Waals surface area contributed by atoms with Gasteiger partial charge < -0.3 is 20.1 Å². The van der Waals surface area contributed by atoms with Crippen molar-refractivity contribution >= 4 is 5.91 Å². The van der Waals surface area contributed by atoms with Crippen LogP contribution in [0.4, 0.5) is 0 Å². The van der Waals surface area contributed by atoms with Crippen LogP contribution < -0.4 is 15.4 Å². The number of hydrogen-bond acceptors (Lipinski definition) is 5. The number of hydrogen-bond donors (Lipinski definition) is 2. The van der Waals surface area contributed by atoms with Crippen molar-refractivity contribution in [3.8, 4) is 5.75 Å². The van der Waals surface area contributed by atoms with Crippen LogP contribution in [0.2, 0.25) is 0 Å². The van der Waals surface area contributed by atoms with Crippen molar-refractivity contribution in [1.29, 1.82) is 0 Å². The molecule has 2 aliphatic heterocycles. The topological polar surface area (TPSA) is 62.8 Å². The van der Waals surface area contributed by atoms with Crippen molar-refractivity contribution < 1.29 is 14.3 Å². The molecule has 0 aromatic heterocycles. The van der Waals surface area contributed by atoms with Gasteiger partial charge >= 0.3 is 0 Å². The molecule has 2 fully saturated rings. The molecule has 0 bridgehead atoms. The Labute approximate surface area is 143 Å². The van der Waals surface area contributed by atoms with Crippen molar-refractivity contribution in [3.63, 3.8) is 0 Å². The third-order valence-electron chi connectivity index (χ3n) is 4.75. The molecule has 132 valence electrons. The lowest BCUT2D eigenvalue weighted by atomic mass is 10.0. The second kappa shape index (κ2) is 8.46. The molecule has 0 aliphatic carbocycles. The van der Waals surface area contributed by atoms with E-state index in [4.69, 9.17) is 9.47 Å². The fourth-order valence-electron chi connectivity index (χ4n) is 3.40. The number of amides is 1. The molecule has 0 radical (unpaired) electrons. The van der Waals surface area contributed by atoms with Crippen LogP contribution >= 0.6 is 0 Å². The van der Waals surface area contributed by atoms with E-state index in [-0.39, 0.29) is 18.1 Å². The summed E-state index contributed by atoms with van der Waals surface area (Å²) in [5.74, 6) is 0.817. The molecule has 0 saturated carbocycles. The molecule has 2 heterocycles. The van der Waals surface area contributed by atoms with Crippen LogP contribution in [0.15, 0.2) is 24.3 Å². The Bertz CT molecular complexity index is 540. The fraction of sp³-hybridized carbons (Fsp3) is 0.611. The van der Waals surface area contributed by atoms with Gasteiger partial charge in [-0.3, -0.25) is 9.69 Å². The number of benzene rings is 1. The van der Waals surface area contributed by atoms with Gasteiger partial charge in [0, 0.05) is 19.6 Å². The minimum atomic E-state index is -0.386. The van der Waals surface area contributed by atoms with E-state index in [2.05, 4.69) is 27.7 Å². The molecule has 2 aliphatic rings. The molecular formula is C18H27N3O3. The standard InChI is InChI=1S/C18H27N3O3/c1-23-15-6-4-5-14(11-15)16(21-8-2-3-9-21)12-20-18(22)17-13-19-7-10-24-17/h4-6,11,16-17,19H,2-3,7-10,12-13H2,1H3,(H,20,22). The molecule has 6 nitrogen and oxygen atoms in total. The number of likely N-dealkylation sites (tertiary alicyclic amines) is 1. The van der Waals surface area contributed by atoms with Gasteiger partial charge in [0.25, 0.3) is 5.91 Å². The highest BCUT2D eigenvalue weighted by atomic mass is 16.5. The van der Waals surface area contributed by atoms with Gasteiger partial charge in [0.2, 0.25) is 0 Å². The van der Waals surface area contributed by atoms with Gasteiger partial charge in [-0.05, 0) is 43.6 Å². The molecule has 2 N–H and O–H groups in total. The molecule has 2 saturated heterocycles. The molecule has 1 aromatic rings. The maximum Gasteiger partial charge on any atom is 0.250 e. The molecule has 2 atom stereocenters. The van der Waals surface area contributed by atoms with Gasteiger partial charge in [-0.1, -0.05) is 12.1 Å². The zero-order valence-corrected chi connectivity index (χ0v) is 14.3. The van der Waals surface area contributed by atoms with Gasteiger partial charge in [-0.15, -0.1) is 0 Å². The molecule has 1 aromatic carbocycles. The Morgan fingerprint density at radius 1 is 1.46 bits per heavy atom. The summed E-state index contributed by atoms with van der Waals surface area (Å²) in [7, 11) is 1.68. The van der Waals surface area contributed by atoms with Crippen LogP contribution in [0.5, 0.6) is 5.75 Å². The van der Waals surface area contributed by atoms with Gasteiger partial charge in [-0.25, -0.2) is 0 Å². The van der Waals surface area contributed by atoms with Gasteiger partial charge in [0.1, 0.15) is 11.9 Å². The van der Waals surface area contributed by atoms with E-state index in [0.717, 1.165) is 25.4 Å². The third-order valence-corrected chi connectivity index (χ3v) is 4.75. The van der Waals surface area contributed by atoms with Gasteiger partial charge in [-0.2, -0.15) is 0 Å². The Balaban J connectivity index is 1.66. The molecule has 0 spiro atoms. The fourth-order valence-corrected chi connectivity index (χ4v) is 3.40. The Morgan fingerprint density at radius 3 is 3.00 bits per heavy atom. The predicted molar refractivity (Wildman–Crippen MR) is 92.2 cm³/mol. The monoisotopic (exact) mass is 333 g/mol. The summed E-state index contributed by atoms with van der Waals surface area (Å²) in [5, 5.41) is 6.27. The second-order valence-electron chi connectivity index (χ2n) is 6.34. The van der Waals surface area contributed by atoms with Crippen molar-refractivity contribution in [2.75, 3.05) is 46.4 Å². The minimum Gasteiger partial charge on any atom is -0.497 e. The summed E-state index contributed by atoms with van der Waals surface area (Å²) in [6.45, 7) is 4.71. The molecular weight excluding hydrogens is 306 g/mol. The van der Waals surface area contributed by atoms with Crippen LogP contribution in [-0.4, -0.2) is 63.4 Å². The minimum absolute atomic E-state index is 0.0331. The number of rotatable bonds is 6. The molecule has 24 heavy (non-hydrogen) atoms. The molecule has 6 heteroatoms. The first-order chi connectivity index (χ1) is 11.8. The maximum absolute atomic E-state index is 12.4. The zero-order valence-electron chi connectivity index (χ0n) is 14.3. The lowest BCUT2D eigenvalue weighted by Crippen LogP contribution is -2.49. The third kappa shape index (κ3) is 4.26. The highest BCUT2D eigenvalue weighted by Gasteiger charge is 2.27. The Kier molecular flexibility index (Phi) is 6.07. The number of morpholine rings is 1. The zero-order chi connectivity index (χ0) is 16.8. The number of ether oxygens (including phenoxy) is 2. The van der Waals surface area contributed by atoms with E-state index >= 15 is 0 Å². The summed E-state index contributed by atoms with van der Waals surface area (Å²) < 4.78 is 10.9. The highest BCUT2D eigenvalue weighted by molar-refractivity contribution is 5.81. The van der Waals surface area contributed by atoms with Crippen molar-refractivity contribution in [1.82, 2.24) is 15.5 Å². The van der Waals surface area contributed by atoms with Crippen LogP contribution in [0.1, 0.15) is 24.4 Å². The lowest BCUT2D eigenvalue weighted by Gasteiger charge is -2.30. The molecule has 3 rings (SSSR count). The maximum atomic E-state index is 12.4. The first-order valence-electron chi connectivity index (χ1n) is 8.76. The molecule has 1 amide bonds. The number of nitrogens with one attached hydrogen (secondary N) is 2. The van der Waals surface area contributed by atoms with Crippen LogP contribution in [0.3, 0.4) is 0 Å². The summed E-state index contributed by atoms with van der Waals surface area (Å²) in [6, 6.07) is 8.30. The van der Waals surface area contributed by atoms with E-state index < -0.39 is 0 Å². The van der Waals surface area contributed by atoms with E-state index in [1.807, 2.05) is 12.1 Å². The number of methoxy groups -OCH3 is 1. The number of carbonyl (C=O) groups is 1. The van der Waals surface area contributed by atoms with Gasteiger partial charge in [0.15, 0.2) is 0 Å². The summed E-state index contributed by atoms with van der Waals surface area (Å²) in [6.07, 6.45) is 2.04. The van der Waals surface area contributed by atoms with E-state index in [9.17, 15) is 4.79 Å². The van der Waals surface area contributed by atoms with Gasteiger partial charge in [0.05, 0.1) is 19.8 Å². The lowest BCUT2D eigenvalue weighted by molar-refractivity contribution is -0.134. The summed E-state index contributed by atoms with van der Waals surface area (Å²) in [5.41, 5.74) is 1.18.